The molecule has 2 N–H and O–H groups in total. The second kappa shape index (κ2) is 8.45. The van der Waals surface area contributed by atoms with Crippen LogP contribution in [-0.2, 0) is 4.79 Å². The van der Waals surface area contributed by atoms with Crippen LogP contribution in [0, 0.1) is 11.8 Å². The quantitative estimate of drug-likeness (QED) is 0.826. The zero-order valence-corrected chi connectivity index (χ0v) is 14.5. The summed E-state index contributed by atoms with van der Waals surface area (Å²) < 4.78 is 0. The summed E-state index contributed by atoms with van der Waals surface area (Å²) in [7, 11) is 0. The number of hydrogen-bond acceptors (Lipinski definition) is 5. The highest BCUT2D eigenvalue weighted by molar-refractivity contribution is 6.29. The number of anilines is 1. The van der Waals surface area contributed by atoms with E-state index in [2.05, 4.69) is 27.3 Å². The molecule has 1 fully saturated rings. The van der Waals surface area contributed by atoms with Gasteiger partial charge in [0.05, 0.1) is 12.6 Å². The molecule has 0 unspecified atom stereocenters. The highest BCUT2D eigenvalue weighted by Crippen LogP contribution is 2.22. The van der Waals surface area contributed by atoms with Crippen molar-refractivity contribution >= 4 is 23.3 Å². The first kappa shape index (κ1) is 17.9. The number of hydrogen-bond donors (Lipinski definition) is 2. The van der Waals surface area contributed by atoms with E-state index in [1.807, 2.05) is 13.0 Å². The van der Waals surface area contributed by atoms with E-state index in [-0.39, 0.29) is 30.4 Å². The van der Waals surface area contributed by atoms with Crippen LogP contribution in [-0.4, -0.2) is 46.9 Å². The van der Waals surface area contributed by atoms with Gasteiger partial charge < -0.3 is 15.3 Å². The number of aromatic nitrogens is 2. The van der Waals surface area contributed by atoms with Crippen LogP contribution in [0.3, 0.4) is 0 Å². The van der Waals surface area contributed by atoms with Gasteiger partial charge in [0.1, 0.15) is 0 Å². The van der Waals surface area contributed by atoms with Crippen LogP contribution < -0.4 is 10.2 Å². The van der Waals surface area contributed by atoms with E-state index in [0.29, 0.717) is 5.15 Å². The second-order valence-electron chi connectivity index (χ2n) is 6.16. The number of rotatable bonds is 6. The lowest BCUT2D eigenvalue weighted by Crippen LogP contribution is -2.47. The highest BCUT2D eigenvalue weighted by atomic mass is 35.5. The number of piperidine rings is 1. The Bertz CT molecular complexity index is 503. The van der Waals surface area contributed by atoms with Gasteiger partial charge in [0.2, 0.25) is 5.91 Å². The number of aliphatic hydroxyl groups excluding tert-OH is 1. The SMILES string of the molecule is CC[C@H](C)[C@H](CO)NC(=O)C1CCN(c2ccc(Cl)nn2)CC1. The number of aliphatic hydroxyl groups is 1. The Kier molecular flexibility index (Phi) is 6.59. The van der Waals surface area contributed by atoms with Crippen molar-refractivity contribution in [2.75, 3.05) is 24.6 Å². The minimum Gasteiger partial charge on any atom is -0.394 e. The van der Waals surface area contributed by atoms with Gasteiger partial charge in [-0.3, -0.25) is 4.79 Å². The van der Waals surface area contributed by atoms with Crippen LogP contribution in [0.25, 0.3) is 0 Å². The summed E-state index contributed by atoms with van der Waals surface area (Å²) >= 11 is 5.75. The first-order valence-corrected chi connectivity index (χ1v) is 8.58. The molecule has 7 heteroatoms. The second-order valence-corrected chi connectivity index (χ2v) is 6.55. The molecule has 6 nitrogen and oxygen atoms in total. The predicted octanol–water partition coefficient (Wildman–Crippen LogP) is 1.87. The highest BCUT2D eigenvalue weighted by Gasteiger charge is 2.28. The normalized spacial score (nSPS) is 18.5. The van der Waals surface area contributed by atoms with Crippen molar-refractivity contribution in [3.63, 3.8) is 0 Å². The number of nitrogens with zero attached hydrogens (tertiary/aromatic N) is 3. The Balaban J connectivity index is 1.86. The molecule has 0 spiro atoms. The summed E-state index contributed by atoms with van der Waals surface area (Å²) in [6.07, 6.45) is 2.47. The number of carbonyl (C=O) groups is 1. The molecule has 0 bridgehead atoms. The van der Waals surface area contributed by atoms with Crippen molar-refractivity contribution < 1.29 is 9.90 Å². The summed E-state index contributed by atoms with van der Waals surface area (Å²) in [4.78, 5) is 14.5. The Hall–Kier alpha value is -1.40. The summed E-state index contributed by atoms with van der Waals surface area (Å²) in [6.45, 7) is 5.62. The van der Waals surface area contributed by atoms with Gasteiger partial charge in [-0.2, -0.15) is 0 Å². The minimum absolute atomic E-state index is 0.00962. The third-order valence-corrected chi connectivity index (χ3v) is 4.86. The largest absolute Gasteiger partial charge is 0.394 e. The zero-order chi connectivity index (χ0) is 16.8. The van der Waals surface area contributed by atoms with Crippen LogP contribution in [0.5, 0.6) is 0 Å². The molecule has 1 aliphatic heterocycles. The summed E-state index contributed by atoms with van der Waals surface area (Å²) in [5.41, 5.74) is 0. The van der Waals surface area contributed by atoms with Crippen LogP contribution in [0.4, 0.5) is 5.82 Å². The molecule has 1 amide bonds. The van der Waals surface area contributed by atoms with Crippen LogP contribution in [0.15, 0.2) is 12.1 Å². The van der Waals surface area contributed by atoms with Crippen molar-refractivity contribution in [1.82, 2.24) is 15.5 Å². The number of amides is 1. The Morgan fingerprint density at radius 1 is 1.43 bits per heavy atom. The monoisotopic (exact) mass is 340 g/mol. The van der Waals surface area contributed by atoms with Crippen molar-refractivity contribution in [3.05, 3.63) is 17.3 Å². The molecule has 2 atom stereocenters. The fourth-order valence-electron chi connectivity index (χ4n) is 2.80. The third-order valence-electron chi connectivity index (χ3n) is 4.66. The molecule has 0 aliphatic carbocycles. The molecule has 1 aromatic heterocycles. The van der Waals surface area contributed by atoms with Crippen molar-refractivity contribution in [1.29, 1.82) is 0 Å². The standard InChI is InChI=1S/C16H25ClN4O2/c1-3-11(2)13(10-22)18-16(23)12-6-8-21(9-7-12)15-5-4-14(17)19-20-15/h4-5,11-13,22H,3,6-10H2,1-2H3,(H,18,23)/t11-,13-/m0/s1. The van der Waals surface area contributed by atoms with Crippen molar-refractivity contribution in [3.8, 4) is 0 Å². The lowest BCUT2D eigenvalue weighted by molar-refractivity contribution is -0.127. The van der Waals surface area contributed by atoms with E-state index in [4.69, 9.17) is 11.6 Å². The lowest BCUT2D eigenvalue weighted by atomic mass is 9.94. The maximum atomic E-state index is 12.4. The van der Waals surface area contributed by atoms with Crippen molar-refractivity contribution in [2.45, 2.75) is 39.2 Å². The fraction of sp³-hybridized carbons (Fsp3) is 0.688. The maximum absolute atomic E-state index is 12.4. The smallest absolute Gasteiger partial charge is 0.223 e. The van der Waals surface area contributed by atoms with E-state index in [1.54, 1.807) is 6.07 Å². The van der Waals surface area contributed by atoms with Crippen LogP contribution in [0.1, 0.15) is 33.1 Å². The molecule has 1 saturated heterocycles. The van der Waals surface area contributed by atoms with Crippen molar-refractivity contribution in [2.24, 2.45) is 11.8 Å². The summed E-state index contributed by atoms with van der Waals surface area (Å²) in [5.74, 6) is 1.10. The zero-order valence-electron chi connectivity index (χ0n) is 13.7. The lowest BCUT2D eigenvalue weighted by Gasteiger charge is -2.33. The molecule has 1 aliphatic rings. The molecular formula is C16H25ClN4O2. The van der Waals surface area contributed by atoms with E-state index >= 15 is 0 Å². The molecule has 128 valence electrons. The fourth-order valence-corrected chi connectivity index (χ4v) is 2.90. The van der Waals surface area contributed by atoms with E-state index in [9.17, 15) is 9.90 Å². The third kappa shape index (κ3) is 4.78. The topological polar surface area (TPSA) is 78.4 Å². The number of nitrogens with one attached hydrogen (secondary N) is 1. The number of halogens is 1. The molecule has 1 aromatic rings. The van der Waals surface area contributed by atoms with Gasteiger partial charge in [0, 0.05) is 19.0 Å². The average molecular weight is 341 g/mol. The Morgan fingerprint density at radius 3 is 2.65 bits per heavy atom. The first-order chi connectivity index (χ1) is 11.0. The van der Waals surface area contributed by atoms with Gasteiger partial charge >= 0.3 is 0 Å². The van der Waals surface area contributed by atoms with Gasteiger partial charge in [0.25, 0.3) is 0 Å². The number of carbonyl (C=O) groups excluding carboxylic acids is 1. The Morgan fingerprint density at radius 2 is 2.13 bits per heavy atom. The molecule has 23 heavy (non-hydrogen) atoms. The van der Waals surface area contributed by atoms with Crippen LogP contribution in [0.2, 0.25) is 5.15 Å². The Labute approximate surface area is 142 Å². The van der Waals surface area contributed by atoms with Crippen LogP contribution >= 0.6 is 11.6 Å². The molecule has 2 heterocycles. The minimum atomic E-state index is -0.160. The van der Waals surface area contributed by atoms with Gasteiger partial charge in [-0.15, -0.1) is 10.2 Å². The average Bonchev–Trinajstić information content (AvgIpc) is 2.59. The van der Waals surface area contributed by atoms with E-state index in [0.717, 1.165) is 38.2 Å². The molecular weight excluding hydrogens is 316 g/mol. The predicted molar refractivity (Wildman–Crippen MR) is 90.5 cm³/mol. The first-order valence-electron chi connectivity index (χ1n) is 8.20. The van der Waals surface area contributed by atoms with Gasteiger partial charge in [-0.1, -0.05) is 31.9 Å². The van der Waals surface area contributed by atoms with Gasteiger partial charge in [-0.25, -0.2) is 0 Å². The summed E-state index contributed by atoms with van der Waals surface area (Å²) in [5, 5.41) is 20.7. The maximum Gasteiger partial charge on any atom is 0.223 e. The molecule has 0 saturated carbocycles. The van der Waals surface area contributed by atoms with E-state index in [1.165, 1.54) is 0 Å². The van der Waals surface area contributed by atoms with Gasteiger partial charge in [-0.05, 0) is 30.9 Å². The van der Waals surface area contributed by atoms with E-state index < -0.39 is 0 Å². The molecule has 0 radical (unpaired) electrons. The summed E-state index contributed by atoms with van der Waals surface area (Å²) in [6, 6.07) is 3.41. The van der Waals surface area contributed by atoms with Gasteiger partial charge in [0.15, 0.2) is 11.0 Å². The molecule has 2 rings (SSSR count). The molecule has 0 aromatic carbocycles.